The Balaban J connectivity index is 1.04. The van der Waals surface area contributed by atoms with E-state index in [1.54, 1.807) is 11.1 Å². The van der Waals surface area contributed by atoms with Crippen molar-refractivity contribution in [1.29, 1.82) is 0 Å². The highest BCUT2D eigenvalue weighted by Gasteiger charge is 2.19. The summed E-state index contributed by atoms with van der Waals surface area (Å²) in [5, 5.41) is 0. The number of fused-ring (bicyclic) bond motifs is 1. The van der Waals surface area contributed by atoms with Gasteiger partial charge >= 0.3 is 0 Å². The Morgan fingerprint density at radius 1 is 0.714 bits per heavy atom. The first-order valence-corrected chi connectivity index (χ1v) is 14.5. The Labute approximate surface area is 216 Å². The normalized spacial score (nSPS) is 17.7. The monoisotopic (exact) mass is 484 g/mol. The Morgan fingerprint density at radius 2 is 1.43 bits per heavy atom. The van der Waals surface area contributed by atoms with Gasteiger partial charge in [0, 0.05) is 31.1 Å². The summed E-state index contributed by atoms with van der Waals surface area (Å²) in [6.45, 7) is 9.21. The predicted molar refractivity (Wildman–Crippen MR) is 150 cm³/mol. The van der Waals surface area contributed by atoms with E-state index in [4.69, 9.17) is 0 Å². The minimum Gasteiger partial charge on any atom is -0.299 e. The van der Waals surface area contributed by atoms with Crippen molar-refractivity contribution < 1.29 is 0 Å². The maximum Gasteiger partial charge on any atom is 0.0233 e. The van der Waals surface area contributed by atoms with Crippen LogP contribution in [0.1, 0.15) is 47.1 Å². The lowest BCUT2D eigenvalue weighted by Crippen LogP contribution is -2.33. The SMILES string of the molecule is Cc1cccc(CN2CCC(CCSc3ccc4c(c3)CCN(Cc3ccccc3)CC4)CC2)c1. The van der Waals surface area contributed by atoms with Crippen molar-refractivity contribution in [3.05, 3.63) is 101 Å². The van der Waals surface area contributed by atoms with Crippen LogP contribution in [0.3, 0.4) is 0 Å². The third-order valence-corrected chi connectivity index (χ3v) is 8.84. The summed E-state index contributed by atoms with van der Waals surface area (Å²) in [6.07, 6.45) is 6.41. The molecule has 0 radical (unpaired) electrons. The minimum atomic E-state index is 0.892. The Kier molecular flexibility index (Phi) is 8.62. The highest BCUT2D eigenvalue weighted by atomic mass is 32.2. The molecule has 3 aromatic carbocycles. The molecule has 184 valence electrons. The van der Waals surface area contributed by atoms with Gasteiger partial charge in [-0.3, -0.25) is 9.80 Å². The molecular formula is C32H40N2S. The number of hydrogen-bond donors (Lipinski definition) is 0. The van der Waals surface area contributed by atoms with Gasteiger partial charge < -0.3 is 0 Å². The van der Waals surface area contributed by atoms with E-state index in [1.807, 2.05) is 0 Å². The molecule has 2 aliphatic heterocycles. The van der Waals surface area contributed by atoms with Crippen molar-refractivity contribution in [2.24, 2.45) is 5.92 Å². The van der Waals surface area contributed by atoms with Gasteiger partial charge in [0.15, 0.2) is 0 Å². The lowest BCUT2D eigenvalue weighted by molar-refractivity contribution is 0.175. The molecule has 5 rings (SSSR count). The van der Waals surface area contributed by atoms with Gasteiger partial charge in [0.2, 0.25) is 0 Å². The van der Waals surface area contributed by atoms with Crippen molar-refractivity contribution >= 4 is 11.8 Å². The summed E-state index contributed by atoms with van der Waals surface area (Å²) in [5.74, 6) is 2.14. The molecule has 0 bridgehead atoms. The third-order valence-electron chi connectivity index (χ3n) is 7.81. The average Bonchev–Trinajstić information content (AvgIpc) is 3.08. The molecule has 0 spiro atoms. The second-order valence-corrected chi connectivity index (χ2v) is 11.7. The van der Waals surface area contributed by atoms with Crippen LogP contribution in [0.4, 0.5) is 0 Å². The number of nitrogens with zero attached hydrogens (tertiary/aromatic N) is 2. The molecular weight excluding hydrogens is 444 g/mol. The van der Waals surface area contributed by atoms with Crippen LogP contribution in [-0.4, -0.2) is 41.7 Å². The summed E-state index contributed by atoms with van der Waals surface area (Å²) < 4.78 is 0. The minimum absolute atomic E-state index is 0.892. The van der Waals surface area contributed by atoms with E-state index < -0.39 is 0 Å². The first-order valence-electron chi connectivity index (χ1n) is 13.5. The number of hydrogen-bond acceptors (Lipinski definition) is 3. The van der Waals surface area contributed by atoms with Gasteiger partial charge in [-0.15, -0.1) is 11.8 Å². The van der Waals surface area contributed by atoms with Gasteiger partial charge in [-0.05, 0) is 98.2 Å². The number of benzene rings is 3. The van der Waals surface area contributed by atoms with Gasteiger partial charge in [0.05, 0.1) is 0 Å². The molecule has 0 aliphatic carbocycles. The zero-order chi connectivity index (χ0) is 23.9. The summed E-state index contributed by atoms with van der Waals surface area (Å²) in [6, 6.07) is 27.2. The fourth-order valence-corrected chi connectivity index (χ4v) is 6.76. The van der Waals surface area contributed by atoms with Crippen molar-refractivity contribution in [3.8, 4) is 0 Å². The van der Waals surface area contributed by atoms with Gasteiger partial charge in [-0.2, -0.15) is 0 Å². The molecule has 0 aromatic heterocycles. The molecule has 1 fully saturated rings. The van der Waals surface area contributed by atoms with E-state index in [2.05, 4.69) is 101 Å². The molecule has 1 saturated heterocycles. The maximum absolute atomic E-state index is 2.64. The van der Waals surface area contributed by atoms with Crippen LogP contribution in [0.15, 0.2) is 77.7 Å². The number of likely N-dealkylation sites (tertiary alicyclic amines) is 1. The molecule has 3 heteroatoms. The number of aryl methyl sites for hydroxylation is 1. The standard InChI is InChI=1S/C32H40N2S/c1-26-6-5-9-29(22-26)25-33-17-12-27(13-18-33)16-21-35-32-11-10-30-14-19-34(20-15-31(30)23-32)24-28-7-3-2-4-8-28/h2-11,22-23,27H,12-21,24-25H2,1H3. The zero-order valence-electron chi connectivity index (χ0n) is 21.3. The van der Waals surface area contributed by atoms with E-state index in [0.717, 1.165) is 32.1 Å². The summed E-state index contributed by atoms with van der Waals surface area (Å²) in [4.78, 5) is 6.73. The quantitative estimate of drug-likeness (QED) is 0.318. The van der Waals surface area contributed by atoms with E-state index >= 15 is 0 Å². The Bertz CT molecular complexity index is 1070. The Morgan fingerprint density at radius 3 is 2.23 bits per heavy atom. The van der Waals surface area contributed by atoms with Gasteiger partial charge in [0.1, 0.15) is 0 Å². The second kappa shape index (κ2) is 12.3. The zero-order valence-corrected chi connectivity index (χ0v) is 22.1. The molecule has 2 aliphatic rings. The van der Waals surface area contributed by atoms with Gasteiger partial charge in [-0.1, -0.05) is 66.2 Å². The average molecular weight is 485 g/mol. The molecule has 0 unspecified atom stereocenters. The molecule has 2 heterocycles. The molecule has 35 heavy (non-hydrogen) atoms. The van der Waals surface area contributed by atoms with Crippen LogP contribution in [-0.2, 0) is 25.9 Å². The van der Waals surface area contributed by atoms with Crippen LogP contribution < -0.4 is 0 Å². The van der Waals surface area contributed by atoms with Crippen LogP contribution >= 0.6 is 11.8 Å². The van der Waals surface area contributed by atoms with Crippen molar-refractivity contribution in [2.45, 2.75) is 57.0 Å². The summed E-state index contributed by atoms with van der Waals surface area (Å²) in [7, 11) is 0. The van der Waals surface area contributed by atoms with E-state index in [0.29, 0.717) is 0 Å². The fourth-order valence-electron chi connectivity index (χ4n) is 5.68. The smallest absolute Gasteiger partial charge is 0.0233 e. The lowest BCUT2D eigenvalue weighted by atomic mass is 9.94. The van der Waals surface area contributed by atoms with E-state index in [1.165, 1.54) is 72.5 Å². The summed E-state index contributed by atoms with van der Waals surface area (Å²) in [5.41, 5.74) is 7.40. The predicted octanol–water partition coefficient (Wildman–Crippen LogP) is 6.99. The second-order valence-electron chi connectivity index (χ2n) is 10.5. The van der Waals surface area contributed by atoms with Crippen LogP contribution in [0.2, 0.25) is 0 Å². The number of thioether (sulfide) groups is 1. The first kappa shape index (κ1) is 24.6. The van der Waals surface area contributed by atoms with E-state index in [-0.39, 0.29) is 0 Å². The Hall–Kier alpha value is -2.07. The topological polar surface area (TPSA) is 6.48 Å². The number of piperidine rings is 1. The van der Waals surface area contributed by atoms with Crippen molar-refractivity contribution in [2.75, 3.05) is 31.9 Å². The van der Waals surface area contributed by atoms with Gasteiger partial charge in [0.25, 0.3) is 0 Å². The van der Waals surface area contributed by atoms with Crippen LogP contribution in [0.25, 0.3) is 0 Å². The lowest BCUT2D eigenvalue weighted by Gasteiger charge is -2.32. The van der Waals surface area contributed by atoms with Crippen molar-refractivity contribution in [3.63, 3.8) is 0 Å². The first-order chi connectivity index (χ1) is 17.2. The maximum atomic E-state index is 2.64. The highest BCUT2D eigenvalue weighted by molar-refractivity contribution is 7.99. The molecule has 3 aromatic rings. The van der Waals surface area contributed by atoms with Gasteiger partial charge in [-0.25, -0.2) is 0 Å². The number of rotatable bonds is 8. The fraction of sp³-hybridized carbons (Fsp3) is 0.438. The van der Waals surface area contributed by atoms with Crippen molar-refractivity contribution in [1.82, 2.24) is 9.80 Å². The molecule has 0 N–H and O–H groups in total. The molecule has 0 amide bonds. The highest BCUT2D eigenvalue weighted by Crippen LogP contribution is 2.29. The van der Waals surface area contributed by atoms with E-state index in [9.17, 15) is 0 Å². The van der Waals surface area contributed by atoms with Crippen LogP contribution in [0, 0.1) is 12.8 Å². The largest absolute Gasteiger partial charge is 0.299 e. The third kappa shape index (κ3) is 7.22. The molecule has 0 atom stereocenters. The molecule has 2 nitrogen and oxygen atoms in total. The van der Waals surface area contributed by atoms with Crippen LogP contribution in [0.5, 0.6) is 0 Å². The summed E-state index contributed by atoms with van der Waals surface area (Å²) >= 11 is 2.07. The molecule has 0 saturated carbocycles.